The number of halogens is 1. The zero-order valence-corrected chi connectivity index (χ0v) is 14.8. The fourth-order valence-corrected chi connectivity index (χ4v) is 2.90. The molecule has 0 bridgehead atoms. The Morgan fingerprint density at radius 2 is 2.25 bits per heavy atom. The van der Waals surface area contributed by atoms with Gasteiger partial charge in [-0.3, -0.25) is 4.79 Å². The number of nitrogens with one attached hydrogen (secondary N) is 1. The van der Waals surface area contributed by atoms with E-state index in [2.05, 4.69) is 15.5 Å². The topological polar surface area (TPSA) is 71.3 Å². The molecule has 0 saturated carbocycles. The van der Waals surface area contributed by atoms with Gasteiger partial charge < -0.3 is 14.7 Å². The van der Waals surface area contributed by atoms with Crippen LogP contribution in [0, 0.1) is 12.7 Å². The lowest BCUT2D eigenvalue weighted by molar-refractivity contribution is -0.118. The van der Waals surface area contributed by atoms with Crippen molar-refractivity contribution in [2.24, 2.45) is 0 Å². The van der Waals surface area contributed by atoms with Crippen LogP contribution in [0.15, 0.2) is 28.8 Å². The maximum atomic E-state index is 13.4. The largest absolute Gasteiger partial charge is 0.353 e. The van der Waals surface area contributed by atoms with Crippen molar-refractivity contribution in [3.8, 4) is 0 Å². The van der Waals surface area contributed by atoms with Gasteiger partial charge in [0.1, 0.15) is 5.82 Å². The molecule has 1 heterocycles. The molecule has 0 spiro atoms. The first-order chi connectivity index (χ1) is 11.5. The third-order valence-electron chi connectivity index (χ3n) is 3.38. The summed E-state index contributed by atoms with van der Waals surface area (Å²) in [6.07, 6.45) is 0. The molecule has 24 heavy (non-hydrogen) atoms. The van der Waals surface area contributed by atoms with Gasteiger partial charge in [0.25, 0.3) is 0 Å². The Morgan fingerprint density at radius 1 is 1.46 bits per heavy atom. The molecule has 130 valence electrons. The van der Waals surface area contributed by atoms with E-state index in [9.17, 15) is 9.18 Å². The van der Waals surface area contributed by atoms with Gasteiger partial charge in [0.15, 0.2) is 5.82 Å². The second kappa shape index (κ2) is 8.79. The maximum Gasteiger partial charge on any atom is 0.230 e. The number of hydrogen-bond donors (Lipinski definition) is 1. The van der Waals surface area contributed by atoms with Crippen LogP contribution in [0.2, 0.25) is 0 Å². The Hall–Kier alpha value is -1.93. The van der Waals surface area contributed by atoms with Gasteiger partial charge in [0, 0.05) is 13.5 Å². The molecule has 0 aliphatic rings. The van der Waals surface area contributed by atoms with Crippen LogP contribution in [-0.4, -0.2) is 47.3 Å². The number of likely N-dealkylation sites (N-methyl/N-ethyl adjacent to an activating group) is 1. The molecule has 6 nitrogen and oxygen atoms in total. The van der Waals surface area contributed by atoms with Crippen molar-refractivity contribution in [2.75, 3.05) is 26.4 Å². The minimum Gasteiger partial charge on any atom is -0.353 e. The highest BCUT2D eigenvalue weighted by Crippen LogP contribution is 2.18. The van der Waals surface area contributed by atoms with Gasteiger partial charge in [0.05, 0.1) is 17.5 Å². The van der Waals surface area contributed by atoms with Crippen molar-refractivity contribution in [3.63, 3.8) is 0 Å². The van der Waals surface area contributed by atoms with E-state index in [1.165, 1.54) is 23.9 Å². The summed E-state index contributed by atoms with van der Waals surface area (Å²) in [6.45, 7) is 2.14. The van der Waals surface area contributed by atoms with E-state index in [-0.39, 0.29) is 17.8 Å². The molecule has 1 amide bonds. The lowest BCUT2D eigenvalue weighted by Crippen LogP contribution is -2.35. The third-order valence-corrected chi connectivity index (χ3v) is 4.31. The Kier molecular flexibility index (Phi) is 6.74. The van der Waals surface area contributed by atoms with E-state index in [1.54, 1.807) is 13.0 Å². The number of thioether (sulfide) groups is 1. The van der Waals surface area contributed by atoms with Crippen LogP contribution in [0.25, 0.3) is 0 Å². The van der Waals surface area contributed by atoms with Crippen LogP contribution < -0.4 is 5.32 Å². The van der Waals surface area contributed by atoms with Crippen molar-refractivity contribution in [1.82, 2.24) is 20.4 Å². The predicted molar refractivity (Wildman–Crippen MR) is 91.0 cm³/mol. The predicted octanol–water partition coefficient (Wildman–Crippen LogP) is 2.17. The van der Waals surface area contributed by atoms with E-state index < -0.39 is 0 Å². The fourth-order valence-electron chi connectivity index (χ4n) is 2.21. The van der Waals surface area contributed by atoms with Crippen LogP contribution in [0.1, 0.15) is 23.3 Å². The first-order valence-corrected chi connectivity index (χ1v) is 8.66. The van der Waals surface area contributed by atoms with E-state index in [0.717, 1.165) is 5.56 Å². The van der Waals surface area contributed by atoms with Crippen molar-refractivity contribution in [1.29, 1.82) is 0 Å². The first-order valence-electron chi connectivity index (χ1n) is 7.51. The Morgan fingerprint density at radius 3 is 2.88 bits per heavy atom. The average Bonchev–Trinajstić information content (AvgIpc) is 2.93. The number of nitrogens with zero attached hydrogens (tertiary/aromatic N) is 3. The standard InChI is InChI=1S/C16H21FN4O2S/c1-11-19-15(20-23-11)9-24-10-16(22)18-8-14(21(2)3)12-5-4-6-13(17)7-12/h4-7,14H,8-10H2,1-3H3,(H,18,22). The van der Waals surface area contributed by atoms with E-state index >= 15 is 0 Å². The second-order valence-electron chi connectivity index (χ2n) is 5.56. The zero-order chi connectivity index (χ0) is 17.5. The number of rotatable bonds is 8. The van der Waals surface area contributed by atoms with Gasteiger partial charge >= 0.3 is 0 Å². The van der Waals surface area contributed by atoms with Gasteiger partial charge in [-0.05, 0) is 31.8 Å². The van der Waals surface area contributed by atoms with Crippen LogP contribution >= 0.6 is 11.8 Å². The molecule has 1 atom stereocenters. The molecule has 0 aliphatic heterocycles. The quantitative estimate of drug-likeness (QED) is 0.785. The molecular weight excluding hydrogens is 331 g/mol. The smallest absolute Gasteiger partial charge is 0.230 e. The highest BCUT2D eigenvalue weighted by molar-refractivity contribution is 7.99. The maximum absolute atomic E-state index is 13.4. The molecule has 1 N–H and O–H groups in total. The third kappa shape index (κ3) is 5.61. The average molecular weight is 352 g/mol. The summed E-state index contributed by atoms with van der Waals surface area (Å²) < 4.78 is 18.3. The van der Waals surface area contributed by atoms with Gasteiger partial charge in [-0.15, -0.1) is 11.8 Å². The van der Waals surface area contributed by atoms with E-state index in [4.69, 9.17) is 4.52 Å². The summed E-state index contributed by atoms with van der Waals surface area (Å²) in [5.74, 6) is 1.55. The number of carbonyl (C=O) groups is 1. The summed E-state index contributed by atoms with van der Waals surface area (Å²) in [5, 5.41) is 6.66. The number of aromatic nitrogens is 2. The summed E-state index contributed by atoms with van der Waals surface area (Å²) in [4.78, 5) is 18.0. The van der Waals surface area contributed by atoms with Gasteiger partial charge in [-0.25, -0.2) is 4.39 Å². The normalized spacial score (nSPS) is 12.4. The van der Waals surface area contributed by atoms with Crippen LogP contribution in [0.3, 0.4) is 0 Å². The Labute approximate surface area is 144 Å². The number of amides is 1. The summed E-state index contributed by atoms with van der Waals surface area (Å²) in [5.41, 5.74) is 0.829. The number of aryl methyl sites for hydroxylation is 1. The number of carbonyl (C=O) groups excluding carboxylic acids is 1. The molecule has 0 fully saturated rings. The van der Waals surface area contributed by atoms with Gasteiger partial charge in [-0.1, -0.05) is 17.3 Å². The van der Waals surface area contributed by atoms with E-state index in [0.29, 0.717) is 29.8 Å². The van der Waals surface area contributed by atoms with Crippen LogP contribution in [0.4, 0.5) is 4.39 Å². The molecule has 1 aromatic heterocycles. The van der Waals surface area contributed by atoms with Crippen LogP contribution in [-0.2, 0) is 10.5 Å². The summed E-state index contributed by atoms with van der Waals surface area (Å²) in [7, 11) is 3.80. The molecule has 2 rings (SSSR count). The number of hydrogen-bond acceptors (Lipinski definition) is 6. The fraction of sp³-hybridized carbons (Fsp3) is 0.438. The molecule has 0 radical (unpaired) electrons. The second-order valence-corrected chi connectivity index (χ2v) is 6.55. The van der Waals surface area contributed by atoms with Crippen molar-refractivity contribution < 1.29 is 13.7 Å². The lowest BCUT2D eigenvalue weighted by atomic mass is 10.1. The zero-order valence-electron chi connectivity index (χ0n) is 14.0. The van der Waals surface area contributed by atoms with Crippen LogP contribution in [0.5, 0.6) is 0 Å². The molecule has 2 aromatic rings. The van der Waals surface area contributed by atoms with Crippen molar-refractivity contribution >= 4 is 17.7 Å². The SMILES string of the molecule is Cc1nc(CSCC(=O)NCC(c2cccc(F)c2)N(C)C)no1. The minimum atomic E-state index is -0.281. The molecule has 1 unspecified atom stereocenters. The summed E-state index contributed by atoms with van der Waals surface area (Å²) in [6, 6.07) is 6.34. The highest BCUT2D eigenvalue weighted by Gasteiger charge is 2.16. The van der Waals surface area contributed by atoms with Gasteiger partial charge in [0.2, 0.25) is 11.8 Å². The van der Waals surface area contributed by atoms with Crippen molar-refractivity contribution in [3.05, 3.63) is 47.4 Å². The Balaban J connectivity index is 1.80. The van der Waals surface area contributed by atoms with Gasteiger partial charge in [-0.2, -0.15) is 4.98 Å². The molecule has 0 saturated heterocycles. The van der Waals surface area contributed by atoms with E-state index in [1.807, 2.05) is 25.1 Å². The molecular formula is C16H21FN4O2S. The number of benzene rings is 1. The Bertz CT molecular complexity index is 678. The monoisotopic (exact) mass is 352 g/mol. The molecule has 1 aromatic carbocycles. The minimum absolute atomic E-state index is 0.0801. The lowest BCUT2D eigenvalue weighted by Gasteiger charge is -2.25. The summed E-state index contributed by atoms with van der Waals surface area (Å²) >= 11 is 1.42. The highest BCUT2D eigenvalue weighted by atomic mass is 32.2. The van der Waals surface area contributed by atoms with Crippen molar-refractivity contribution in [2.45, 2.75) is 18.7 Å². The first kappa shape index (κ1) is 18.4. The molecule has 0 aliphatic carbocycles. The molecule has 8 heteroatoms.